The molecule has 0 saturated carbocycles. The molecule has 23 heavy (non-hydrogen) atoms. The third kappa shape index (κ3) is 5.15. The van der Waals surface area contributed by atoms with Gasteiger partial charge in [0.25, 0.3) is 0 Å². The normalized spacial score (nSPS) is 10.8. The van der Waals surface area contributed by atoms with Gasteiger partial charge in [-0.2, -0.15) is 5.10 Å². The van der Waals surface area contributed by atoms with Crippen molar-refractivity contribution in [2.75, 3.05) is 18.6 Å². The summed E-state index contributed by atoms with van der Waals surface area (Å²) < 4.78 is 12.1. The summed E-state index contributed by atoms with van der Waals surface area (Å²) in [6.07, 6.45) is 1.72. The first-order valence-corrected chi connectivity index (χ1v) is 8.45. The second kappa shape index (κ2) is 8.79. The van der Waals surface area contributed by atoms with Crippen LogP contribution < -0.4 is 14.9 Å². The van der Waals surface area contributed by atoms with Crippen molar-refractivity contribution in [1.82, 2.24) is 0 Å². The second-order valence-corrected chi connectivity index (χ2v) is 5.86. The fourth-order valence-electron chi connectivity index (χ4n) is 1.92. The highest BCUT2D eigenvalue weighted by Gasteiger charge is 2.11. The van der Waals surface area contributed by atoms with Gasteiger partial charge < -0.3 is 9.47 Å². The van der Waals surface area contributed by atoms with Crippen molar-refractivity contribution in [2.24, 2.45) is 5.10 Å². The Morgan fingerprint density at radius 1 is 1.13 bits per heavy atom. The Hall–Kier alpha value is -1.72. The van der Waals surface area contributed by atoms with Crippen LogP contribution in [-0.2, 0) is 0 Å². The van der Waals surface area contributed by atoms with Crippen LogP contribution in [0.25, 0.3) is 0 Å². The van der Waals surface area contributed by atoms with E-state index in [0.29, 0.717) is 29.7 Å². The maximum atomic E-state index is 5.85. The van der Waals surface area contributed by atoms with E-state index in [1.807, 2.05) is 38.1 Å². The van der Waals surface area contributed by atoms with E-state index in [0.717, 1.165) is 15.7 Å². The lowest BCUT2D eigenvalue weighted by Crippen LogP contribution is -2.00. The molecular formula is C17H18BrClN2O2. The van der Waals surface area contributed by atoms with Crippen molar-refractivity contribution in [1.29, 1.82) is 0 Å². The monoisotopic (exact) mass is 396 g/mol. The molecule has 0 radical (unpaired) electrons. The number of hydrogen-bond acceptors (Lipinski definition) is 4. The minimum Gasteiger partial charge on any atom is -0.490 e. The summed E-state index contributed by atoms with van der Waals surface area (Å²) in [6, 6.07) is 11.2. The van der Waals surface area contributed by atoms with Crippen molar-refractivity contribution in [2.45, 2.75) is 13.8 Å². The molecule has 0 aliphatic rings. The van der Waals surface area contributed by atoms with Crippen LogP contribution in [0.5, 0.6) is 11.5 Å². The first-order chi connectivity index (χ1) is 11.1. The fourth-order valence-corrected chi connectivity index (χ4v) is 2.62. The van der Waals surface area contributed by atoms with E-state index < -0.39 is 0 Å². The van der Waals surface area contributed by atoms with E-state index >= 15 is 0 Å². The Balaban J connectivity index is 2.15. The SMILES string of the molecule is CCOc1cc(/C=N/Nc2ccc(Cl)cc2)cc(Br)c1OCC. The third-order valence-corrected chi connectivity index (χ3v) is 3.71. The lowest BCUT2D eigenvalue weighted by atomic mass is 10.2. The largest absolute Gasteiger partial charge is 0.490 e. The zero-order chi connectivity index (χ0) is 16.7. The number of anilines is 1. The van der Waals surface area contributed by atoms with Crippen LogP contribution in [0.3, 0.4) is 0 Å². The van der Waals surface area contributed by atoms with E-state index in [1.165, 1.54) is 0 Å². The van der Waals surface area contributed by atoms with E-state index in [4.69, 9.17) is 21.1 Å². The van der Waals surface area contributed by atoms with Crippen molar-refractivity contribution in [3.05, 3.63) is 51.5 Å². The van der Waals surface area contributed by atoms with Gasteiger partial charge in [-0.3, -0.25) is 5.43 Å². The number of ether oxygens (including phenoxy) is 2. The molecule has 2 aromatic rings. The summed E-state index contributed by atoms with van der Waals surface area (Å²) >= 11 is 9.36. The van der Waals surface area contributed by atoms with Crippen molar-refractivity contribution < 1.29 is 9.47 Å². The minimum absolute atomic E-state index is 0.566. The quantitative estimate of drug-likeness (QED) is 0.506. The first-order valence-electron chi connectivity index (χ1n) is 7.27. The molecule has 1 N–H and O–H groups in total. The molecule has 0 bridgehead atoms. The van der Waals surface area contributed by atoms with Gasteiger partial charge in [0.15, 0.2) is 11.5 Å². The Kier molecular flexibility index (Phi) is 6.74. The number of benzene rings is 2. The first kappa shape index (κ1) is 17.6. The minimum atomic E-state index is 0.566. The van der Waals surface area contributed by atoms with Crippen LogP contribution in [-0.4, -0.2) is 19.4 Å². The number of halogens is 2. The average molecular weight is 398 g/mol. The van der Waals surface area contributed by atoms with E-state index in [2.05, 4.69) is 26.5 Å². The molecule has 0 amide bonds. The van der Waals surface area contributed by atoms with Crippen LogP contribution in [0.2, 0.25) is 5.02 Å². The Labute approximate surface area is 149 Å². The molecule has 2 rings (SSSR count). The van der Waals surface area contributed by atoms with Gasteiger partial charge in [-0.05, 0) is 71.7 Å². The molecule has 0 saturated heterocycles. The van der Waals surface area contributed by atoms with Gasteiger partial charge in [0.2, 0.25) is 0 Å². The molecule has 0 aliphatic carbocycles. The summed E-state index contributed by atoms with van der Waals surface area (Å²) in [7, 11) is 0. The smallest absolute Gasteiger partial charge is 0.175 e. The number of nitrogens with one attached hydrogen (secondary N) is 1. The third-order valence-electron chi connectivity index (χ3n) is 2.87. The lowest BCUT2D eigenvalue weighted by Gasteiger charge is -2.13. The molecule has 0 fully saturated rings. The molecule has 6 heteroatoms. The fraction of sp³-hybridized carbons (Fsp3) is 0.235. The van der Waals surface area contributed by atoms with Gasteiger partial charge in [0.1, 0.15) is 0 Å². The highest BCUT2D eigenvalue weighted by molar-refractivity contribution is 9.10. The van der Waals surface area contributed by atoms with Gasteiger partial charge in [0.05, 0.1) is 29.6 Å². The van der Waals surface area contributed by atoms with Gasteiger partial charge in [-0.25, -0.2) is 0 Å². The van der Waals surface area contributed by atoms with Crippen molar-refractivity contribution in [3.8, 4) is 11.5 Å². The molecule has 0 heterocycles. The zero-order valence-corrected chi connectivity index (χ0v) is 15.3. The van der Waals surface area contributed by atoms with Gasteiger partial charge in [0, 0.05) is 5.02 Å². The molecule has 122 valence electrons. The van der Waals surface area contributed by atoms with Crippen LogP contribution in [0.15, 0.2) is 46.0 Å². The molecule has 4 nitrogen and oxygen atoms in total. The zero-order valence-electron chi connectivity index (χ0n) is 13.0. The van der Waals surface area contributed by atoms with Gasteiger partial charge in [-0.15, -0.1) is 0 Å². The summed E-state index contributed by atoms with van der Waals surface area (Å²) in [5.74, 6) is 1.40. The molecule has 0 unspecified atom stereocenters. The topological polar surface area (TPSA) is 42.8 Å². The van der Waals surface area contributed by atoms with Crippen LogP contribution in [0, 0.1) is 0 Å². The maximum Gasteiger partial charge on any atom is 0.175 e. The number of nitrogens with zero attached hydrogens (tertiary/aromatic N) is 1. The second-order valence-electron chi connectivity index (χ2n) is 4.57. The lowest BCUT2D eigenvalue weighted by molar-refractivity contribution is 0.286. The summed E-state index contributed by atoms with van der Waals surface area (Å²) in [6.45, 7) is 5.01. The Morgan fingerprint density at radius 2 is 1.83 bits per heavy atom. The molecule has 0 spiro atoms. The van der Waals surface area contributed by atoms with Crippen LogP contribution in [0.1, 0.15) is 19.4 Å². The number of hydrazone groups is 1. The molecule has 0 atom stereocenters. The molecule has 0 aliphatic heterocycles. The predicted octanol–water partition coefficient (Wildman–Crippen LogP) is 5.35. The van der Waals surface area contributed by atoms with E-state index in [1.54, 1.807) is 18.3 Å². The molecule has 0 aromatic heterocycles. The molecule has 2 aromatic carbocycles. The number of hydrogen-bond donors (Lipinski definition) is 1. The summed E-state index contributed by atoms with van der Waals surface area (Å²) in [5, 5.41) is 4.92. The summed E-state index contributed by atoms with van der Waals surface area (Å²) in [5.41, 5.74) is 4.71. The van der Waals surface area contributed by atoms with Crippen LogP contribution >= 0.6 is 27.5 Å². The highest BCUT2D eigenvalue weighted by Crippen LogP contribution is 2.36. The van der Waals surface area contributed by atoms with E-state index in [9.17, 15) is 0 Å². The van der Waals surface area contributed by atoms with Crippen molar-refractivity contribution >= 4 is 39.4 Å². The highest BCUT2D eigenvalue weighted by atomic mass is 79.9. The summed E-state index contributed by atoms with van der Waals surface area (Å²) in [4.78, 5) is 0. The number of rotatable bonds is 7. The Bertz CT molecular complexity index is 675. The maximum absolute atomic E-state index is 5.85. The predicted molar refractivity (Wildman–Crippen MR) is 99.1 cm³/mol. The van der Waals surface area contributed by atoms with E-state index in [-0.39, 0.29) is 0 Å². The van der Waals surface area contributed by atoms with Gasteiger partial charge >= 0.3 is 0 Å². The van der Waals surface area contributed by atoms with Gasteiger partial charge in [-0.1, -0.05) is 11.6 Å². The van der Waals surface area contributed by atoms with Crippen LogP contribution in [0.4, 0.5) is 5.69 Å². The molecular weight excluding hydrogens is 380 g/mol. The Morgan fingerprint density at radius 3 is 2.48 bits per heavy atom. The average Bonchev–Trinajstić information content (AvgIpc) is 2.53. The van der Waals surface area contributed by atoms with Crippen molar-refractivity contribution in [3.63, 3.8) is 0 Å². The standard InChI is InChI=1S/C17H18BrClN2O2/c1-3-22-16-10-12(9-15(18)17(16)23-4-2)11-20-21-14-7-5-13(19)6-8-14/h5-11,21H,3-4H2,1-2H3/b20-11+.